The molecule has 0 spiro atoms. The quantitative estimate of drug-likeness (QED) is 0.453. The van der Waals surface area contributed by atoms with E-state index >= 15 is 0 Å². The molecule has 162 valence electrons. The molecule has 0 aliphatic carbocycles. The zero-order valence-corrected chi connectivity index (χ0v) is 18.6. The lowest BCUT2D eigenvalue weighted by atomic mass is 10.1. The minimum Gasteiger partial charge on any atom is -0.494 e. The first-order chi connectivity index (χ1) is 15.4. The van der Waals surface area contributed by atoms with E-state index in [9.17, 15) is 9.59 Å². The predicted molar refractivity (Wildman–Crippen MR) is 125 cm³/mol. The molecule has 4 aromatic rings. The van der Waals surface area contributed by atoms with Gasteiger partial charge in [-0.15, -0.1) is 11.3 Å². The molecule has 2 aromatic carbocycles. The predicted octanol–water partition coefficient (Wildman–Crippen LogP) is 4.52. The average Bonchev–Trinajstić information content (AvgIpc) is 3.44. The fourth-order valence-corrected chi connectivity index (χ4v) is 3.83. The molecule has 4 rings (SSSR count). The SMILES string of the molecule is COc1ccc(C)cc1-n1ccc(C(=O)Nc2nc(-c3ccc(NC(C)=O)cc3)cs2)n1. The maximum atomic E-state index is 12.7. The number of carbonyl (C=O) groups excluding carboxylic acids is 2. The van der Waals surface area contributed by atoms with Crippen LogP contribution in [0.1, 0.15) is 23.0 Å². The van der Waals surface area contributed by atoms with Crippen molar-refractivity contribution in [2.24, 2.45) is 0 Å². The second-order valence-electron chi connectivity index (χ2n) is 7.07. The lowest BCUT2D eigenvalue weighted by Crippen LogP contribution is -2.13. The van der Waals surface area contributed by atoms with Crippen molar-refractivity contribution in [1.29, 1.82) is 0 Å². The van der Waals surface area contributed by atoms with E-state index < -0.39 is 0 Å². The van der Waals surface area contributed by atoms with E-state index in [1.165, 1.54) is 18.3 Å². The molecule has 2 aromatic heterocycles. The molecule has 0 aliphatic rings. The Labute approximate surface area is 188 Å². The van der Waals surface area contributed by atoms with E-state index in [1.807, 2.05) is 42.6 Å². The normalized spacial score (nSPS) is 10.6. The fraction of sp³-hybridized carbons (Fsp3) is 0.130. The first-order valence-electron chi connectivity index (χ1n) is 9.78. The summed E-state index contributed by atoms with van der Waals surface area (Å²) in [7, 11) is 1.60. The summed E-state index contributed by atoms with van der Waals surface area (Å²) in [5, 5.41) is 12.2. The van der Waals surface area contributed by atoms with Gasteiger partial charge < -0.3 is 10.1 Å². The lowest BCUT2D eigenvalue weighted by molar-refractivity contribution is -0.114. The summed E-state index contributed by atoms with van der Waals surface area (Å²) < 4.78 is 7.02. The highest BCUT2D eigenvalue weighted by molar-refractivity contribution is 7.14. The number of carbonyl (C=O) groups is 2. The standard InChI is InChI=1S/C23H21N5O3S/c1-14-4-9-21(31-3)20(12-14)28-11-10-18(27-28)22(30)26-23-25-19(13-32-23)16-5-7-17(8-6-16)24-15(2)29/h4-13H,1-3H3,(H,24,29)(H,25,26,30). The Morgan fingerprint density at radius 3 is 2.56 bits per heavy atom. The van der Waals surface area contributed by atoms with Crippen LogP contribution in [0.5, 0.6) is 5.75 Å². The lowest BCUT2D eigenvalue weighted by Gasteiger charge is -2.09. The summed E-state index contributed by atoms with van der Waals surface area (Å²) in [5.41, 5.74) is 4.41. The van der Waals surface area contributed by atoms with E-state index in [-0.39, 0.29) is 17.5 Å². The van der Waals surface area contributed by atoms with Crippen LogP contribution in [0.3, 0.4) is 0 Å². The van der Waals surface area contributed by atoms with Gasteiger partial charge in [0.15, 0.2) is 10.8 Å². The highest BCUT2D eigenvalue weighted by Crippen LogP contribution is 2.27. The molecule has 32 heavy (non-hydrogen) atoms. The van der Waals surface area contributed by atoms with Gasteiger partial charge in [0, 0.05) is 29.8 Å². The van der Waals surface area contributed by atoms with Crippen molar-refractivity contribution < 1.29 is 14.3 Å². The Morgan fingerprint density at radius 1 is 1.06 bits per heavy atom. The smallest absolute Gasteiger partial charge is 0.277 e. The van der Waals surface area contributed by atoms with Crippen LogP contribution in [0.15, 0.2) is 60.1 Å². The number of ether oxygens (including phenoxy) is 1. The number of amides is 2. The Kier molecular flexibility index (Phi) is 6.00. The minimum absolute atomic E-state index is 0.125. The Bertz CT molecular complexity index is 1280. The highest BCUT2D eigenvalue weighted by atomic mass is 32.1. The molecule has 0 bridgehead atoms. The van der Waals surface area contributed by atoms with Crippen LogP contribution in [0.25, 0.3) is 16.9 Å². The van der Waals surface area contributed by atoms with E-state index in [0.29, 0.717) is 16.6 Å². The molecule has 8 nitrogen and oxygen atoms in total. The molecular formula is C23H21N5O3S. The number of nitrogens with one attached hydrogen (secondary N) is 2. The van der Waals surface area contributed by atoms with Crippen molar-refractivity contribution in [3.8, 4) is 22.7 Å². The van der Waals surface area contributed by atoms with Gasteiger partial charge in [-0.1, -0.05) is 18.2 Å². The van der Waals surface area contributed by atoms with Crippen molar-refractivity contribution in [2.45, 2.75) is 13.8 Å². The third-order valence-electron chi connectivity index (χ3n) is 4.63. The number of hydrogen-bond donors (Lipinski definition) is 2. The zero-order valence-electron chi connectivity index (χ0n) is 17.7. The molecular weight excluding hydrogens is 426 g/mol. The van der Waals surface area contributed by atoms with Crippen molar-refractivity contribution in [1.82, 2.24) is 14.8 Å². The molecule has 2 amide bonds. The second-order valence-corrected chi connectivity index (χ2v) is 7.93. The van der Waals surface area contributed by atoms with Crippen molar-refractivity contribution in [3.63, 3.8) is 0 Å². The van der Waals surface area contributed by atoms with Crippen LogP contribution in [-0.2, 0) is 4.79 Å². The van der Waals surface area contributed by atoms with Crippen LogP contribution < -0.4 is 15.4 Å². The van der Waals surface area contributed by atoms with Gasteiger partial charge in [-0.3, -0.25) is 14.9 Å². The van der Waals surface area contributed by atoms with E-state index in [2.05, 4.69) is 20.7 Å². The maximum Gasteiger partial charge on any atom is 0.277 e. The van der Waals surface area contributed by atoms with Crippen molar-refractivity contribution in [3.05, 3.63) is 71.4 Å². The van der Waals surface area contributed by atoms with Crippen LogP contribution >= 0.6 is 11.3 Å². The first-order valence-corrected chi connectivity index (χ1v) is 10.7. The number of methoxy groups -OCH3 is 1. The second kappa shape index (κ2) is 9.03. The first kappa shape index (κ1) is 21.3. The van der Waals surface area contributed by atoms with Crippen molar-refractivity contribution >= 4 is 34.0 Å². The number of benzene rings is 2. The number of nitrogens with zero attached hydrogens (tertiary/aromatic N) is 3. The monoisotopic (exact) mass is 447 g/mol. The summed E-state index contributed by atoms with van der Waals surface area (Å²) in [5.74, 6) is 0.191. The van der Waals surface area contributed by atoms with E-state index in [0.717, 1.165) is 22.5 Å². The summed E-state index contributed by atoms with van der Waals surface area (Å²) in [6.45, 7) is 3.44. The molecule has 0 aliphatic heterocycles. The molecule has 0 radical (unpaired) electrons. The topological polar surface area (TPSA) is 98.1 Å². The Morgan fingerprint density at radius 2 is 1.84 bits per heavy atom. The molecule has 0 saturated heterocycles. The van der Waals surface area contributed by atoms with Crippen LogP contribution in [0, 0.1) is 6.92 Å². The van der Waals surface area contributed by atoms with Gasteiger partial charge in [-0.05, 0) is 42.8 Å². The molecule has 0 fully saturated rings. The van der Waals surface area contributed by atoms with Crippen LogP contribution in [-0.4, -0.2) is 33.7 Å². The number of thiazole rings is 1. The molecule has 9 heteroatoms. The van der Waals surface area contributed by atoms with Gasteiger partial charge >= 0.3 is 0 Å². The Balaban J connectivity index is 1.47. The van der Waals surface area contributed by atoms with Gasteiger partial charge in [0.2, 0.25) is 5.91 Å². The molecule has 0 atom stereocenters. The summed E-state index contributed by atoms with van der Waals surface area (Å²) in [6, 6.07) is 14.7. The highest BCUT2D eigenvalue weighted by Gasteiger charge is 2.15. The van der Waals surface area contributed by atoms with Gasteiger partial charge in [0.25, 0.3) is 5.91 Å². The third kappa shape index (κ3) is 4.68. The molecule has 2 heterocycles. The molecule has 0 saturated carbocycles. The van der Waals surface area contributed by atoms with Gasteiger partial charge in [-0.2, -0.15) is 5.10 Å². The molecule has 2 N–H and O–H groups in total. The minimum atomic E-state index is -0.350. The number of rotatable bonds is 6. The summed E-state index contributed by atoms with van der Waals surface area (Å²) in [6.07, 6.45) is 1.72. The van der Waals surface area contributed by atoms with Gasteiger partial charge in [-0.25, -0.2) is 9.67 Å². The maximum absolute atomic E-state index is 12.7. The number of aromatic nitrogens is 3. The molecule has 0 unspecified atom stereocenters. The summed E-state index contributed by atoms with van der Waals surface area (Å²) in [4.78, 5) is 28.3. The number of aryl methyl sites for hydroxylation is 1. The summed E-state index contributed by atoms with van der Waals surface area (Å²) >= 11 is 1.33. The van der Waals surface area contributed by atoms with Gasteiger partial charge in [0.1, 0.15) is 11.4 Å². The third-order valence-corrected chi connectivity index (χ3v) is 5.39. The number of anilines is 2. The largest absolute Gasteiger partial charge is 0.494 e. The average molecular weight is 448 g/mol. The van der Waals surface area contributed by atoms with Gasteiger partial charge in [0.05, 0.1) is 12.8 Å². The van der Waals surface area contributed by atoms with Crippen molar-refractivity contribution in [2.75, 3.05) is 17.7 Å². The van der Waals surface area contributed by atoms with E-state index in [4.69, 9.17) is 4.74 Å². The van der Waals surface area contributed by atoms with E-state index in [1.54, 1.807) is 36.2 Å². The number of hydrogen-bond acceptors (Lipinski definition) is 6. The Hall–Kier alpha value is -3.98. The van der Waals surface area contributed by atoms with Crippen LogP contribution in [0.4, 0.5) is 10.8 Å². The fourth-order valence-electron chi connectivity index (χ4n) is 3.11. The van der Waals surface area contributed by atoms with Crippen LogP contribution in [0.2, 0.25) is 0 Å². The zero-order chi connectivity index (χ0) is 22.7.